The van der Waals surface area contributed by atoms with Crippen LogP contribution in [0.4, 0.5) is 10.1 Å². The second kappa shape index (κ2) is 6.85. The van der Waals surface area contributed by atoms with Crippen LogP contribution in [0.1, 0.15) is 18.0 Å². The molecule has 0 aliphatic carbocycles. The third-order valence-electron chi connectivity index (χ3n) is 3.07. The van der Waals surface area contributed by atoms with Crippen molar-refractivity contribution in [2.24, 2.45) is 5.73 Å². The number of carbonyl (C=O) groups excluding carboxylic acids is 1. The van der Waals surface area contributed by atoms with Crippen molar-refractivity contribution in [3.63, 3.8) is 0 Å². The average Bonchev–Trinajstić information content (AvgIpc) is 2.49. The Kier molecular flexibility index (Phi) is 4.90. The predicted octanol–water partition coefficient (Wildman–Crippen LogP) is 2.86. The highest BCUT2D eigenvalue weighted by molar-refractivity contribution is 5.92. The summed E-state index contributed by atoms with van der Waals surface area (Å²) < 4.78 is 18.1. The number of anilines is 1. The first-order chi connectivity index (χ1) is 10.1. The van der Waals surface area contributed by atoms with Crippen molar-refractivity contribution in [2.45, 2.75) is 12.5 Å². The number of amides is 1. The summed E-state index contributed by atoms with van der Waals surface area (Å²) in [5.41, 5.74) is 7.30. The van der Waals surface area contributed by atoms with Crippen molar-refractivity contribution in [3.05, 3.63) is 59.9 Å². The molecule has 2 aromatic rings. The van der Waals surface area contributed by atoms with E-state index in [0.717, 1.165) is 5.56 Å². The molecule has 1 atom stereocenters. The van der Waals surface area contributed by atoms with Crippen molar-refractivity contribution >= 4 is 11.6 Å². The van der Waals surface area contributed by atoms with E-state index in [2.05, 4.69) is 5.32 Å². The maximum atomic E-state index is 13.1. The van der Waals surface area contributed by atoms with Gasteiger partial charge in [-0.2, -0.15) is 0 Å². The van der Waals surface area contributed by atoms with E-state index in [0.29, 0.717) is 5.69 Å². The number of hydrogen-bond acceptors (Lipinski definition) is 3. The van der Waals surface area contributed by atoms with Gasteiger partial charge < -0.3 is 15.8 Å². The van der Waals surface area contributed by atoms with Crippen LogP contribution in [-0.4, -0.2) is 13.0 Å². The molecule has 0 saturated heterocycles. The molecule has 3 N–H and O–H groups in total. The van der Waals surface area contributed by atoms with Crippen LogP contribution in [0.3, 0.4) is 0 Å². The molecule has 0 aromatic heterocycles. The number of benzene rings is 2. The van der Waals surface area contributed by atoms with Crippen LogP contribution >= 0.6 is 0 Å². The Morgan fingerprint density at radius 1 is 1.29 bits per heavy atom. The maximum absolute atomic E-state index is 13.1. The highest BCUT2D eigenvalue weighted by Crippen LogP contribution is 2.25. The van der Waals surface area contributed by atoms with Gasteiger partial charge in [0.05, 0.1) is 12.8 Å². The number of carbonyl (C=O) groups is 1. The van der Waals surface area contributed by atoms with Gasteiger partial charge in [-0.25, -0.2) is 4.39 Å². The van der Waals surface area contributed by atoms with Crippen LogP contribution in [-0.2, 0) is 4.79 Å². The minimum Gasteiger partial charge on any atom is -0.494 e. The third-order valence-corrected chi connectivity index (χ3v) is 3.07. The van der Waals surface area contributed by atoms with E-state index in [1.165, 1.54) is 25.3 Å². The monoisotopic (exact) mass is 288 g/mol. The lowest BCUT2D eigenvalue weighted by molar-refractivity contribution is -0.116. The second-order valence-electron chi connectivity index (χ2n) is 4.61. The van der Waals surface area contributed by atoms with E-state index in [4.69, 9.17) is 10.5 Å². The molecule has 0 aliphatic heterocycles. The molecule has 0 spiro atoms. The number of nitrogens with one attached hydrogen (secondary N) is 1. The molecule has 5 heteroatoms. The largest absolute Gasteiger partial charge is 0.494 e. The lowest BCUT2D eigenvalue weighted by atomic mass is 10.0. The van der Waals surface area contributed by atoms with Gasteiger partial charge in [0.15, 0.2) is 0 Å². The van der Waals surface area contributed by atoms with Crippen molar-refractivity contribution in [1.29, 1.82) is 0 Å². The lowest BCUT2D eigenvalue weighted by Crippen LogP contribution is -2.20. The van der Waals surface area contributed by atoms with Crippen molar-refractivity contribution < 1.29 is 13.9 Å². The first kappa shape index (κ1) is 15.0. The van der Waals surface area contributed by atoms with E-state index < -0.39 is 11.9 Å². The summed E-state index contributed by atoms with van der Waals surface area (Å²) in [6, 6.07) is 12.9. The zero-order valence-corrected chi connectivity index (χ0v) is 11.7. The summed E-state index contributed by atoms with van der Waals surface area (Å²) in [4.78, 5) is 12.0. The Morgan fingerprint density at radius 2 is 2.00 bits per heavy atom. The molecule has 0 fully saturated rings. The minimum atomic E-state index is -0.425. The molecular weight excluding hydrogens is 271 g/mol. The van der Waals surface area contributed by atoms with Gasteiger partial charge in [-0.15, -0.1) is 0 Å². The van der Waals surface area contributed by atoms with Gasteiger partial charge in [0.2, 0.25) is 5.91 Å². The normalized spacial score (nSPS) is 11.8. The van der Waals surface area contributed by atoms with Crippen LogP contribution in [0.25, 0.3) is 0 Å². The van der Waals surface area contributed by atoms with E-state index in [-0.39, 0.29) is 18.1 Å². The van der Waals surface area contributed by atoms with Gasteiger partial charge in [-0.05, 0) is 17.7 Å². The highest BCUT2D eigenvalue weighted by Gasteiger charge is 2.13. The van der Waals surface area contributed by atoms with Gasteiger partial charge in [-0.1, -0.05) is 30.3 Å². The van der Waals surface area contributed by atoms with E-state index in [9.17, 15) is 9.18 Å². The first-order valence-corrected chi connectivity index (χ1v) is 6.54. The maximum Gasteiger partial charge on any atom is 0.226 e. The Labute approximate surface area is 122 Å². The molecule has 4 nitrogen and oxygen atoms in total. The standard InChI is InChI=1S/C16H17FN2O2/c1-21-15-9-12(17)7-8-14(15)19-16(20)10-13(18)11-5-3-2-4-6-11/h2-9,13H,10,18H2,1H3,(H,19,20). The fraction of sp³-hybridized carbons (Fsp3) is 0.188. The zero-order chi connectivity index (χ0) is 15.2. The van der Waals surface area contributed by atoms with Crippen molar-refractivity contribution in [1.82, 2.24) is 0 Å². The quantitative estimate of drug-likeness (QED) is 0.889. The molecule has 0 radical (unpaired) electrons. The summed E-state index contributed by atoms with van der Waals surface area (Å²) >= 11 is 0. The zero-order valence-electron chi connectivity index (χ0n) is 11.7. The fourth-order valence-electron chi connectivity index (χ4n) is 1.99. The Hall–Kier alpha value is -2.40. The summed E-state index contributed by atoms with van der Waals surface area (Å²) in [5, 5.41) is 2.68. The van der Waals surface area contributed by atoms with Crippen LogP contribution in [0.2, 0.25) is 0 Å². The molecular formula is C16H17FN2O2. The SMILES string of the molecule is COc1cc(F)ccc1NC(=O)CC(N)c1ccccc1. The summed E-state index contributed by atoms with van der Waals surface area (Å²) in [7, 11) is 1.42. The van der Waals surface area contributed by atoms with Crippen molar-refractivity contribution in [3.8, 4) is 5.75 Å². The van der Waals surface area contributed by atoms with Gasteiger partial charge in [0, 0.05) is 18.5 Å². The van der Waals surface area contributed by atoms with Gasteiger partial charge in [-0.3, -0.25) is 4.79 Å². The van der Waals surface area contributed by atoms with Crippen LogP contribution in [0, 0.1) is 5.82 Å². The first-order valence-electron chi connectivity index (χ1n) is 6.54. The molecule has 1 amide bonds. The lowest BCUT2D eigenvalue weighted by Gasteiger charge is -2.13. The molecule has 110 valence electrons. The second-order valence-corrected chi connectivity index (χ2v) is 4.61. The van der Waals surface area contributed by atoms with Crippen LogP contribution in [0.5, 0.6) is 5.75 Å². The van der Waals surface area contributed by atoms with Crippen LogP contribution < -0.4 is 15.8 Å². The topological polar surface area (TPSA) is 64.3 Å². The third kappa shape index (κ3) is 4.03. The number of methoxy groups -OCH3 is 1. The molecule has 2 aromatic carbocycles. The van der Waals surface area contributed by atoms with E-state index in [1.54, 1.807) is 0 Å². The van der Waals surface area contributed by atoms with E-state index >= 15 is 0 Å². The molecule has 0 bridgehead atoms. The van der Waals surface area contributed by atoms with Gasteiger partial charge >= 0.3 is 0 Å². The Balaban J connectivity index is 2.02. The number of hydrogen-bond donors (Lipinski definition) is 2. The fourth-order valence-corrected chi connectivity index (χ4v) is 1.99. The number of nitrogens with two attached hydrogens (primary N) is 1. The summed E-state index contributed by atoms with van der Waals surface area (Å²) in [6.45, 7) is 0. The highest BCUT2D eigenvalue weighted by atomic mass is 19.1. The predicted molar refractivity (Wildman–Crippen MR) is 79.6 cm³/mol. The number of rotatable bonds is 5. The van der Waals surface area contributed by atoms with Gasteiger partial charge in [0.25, 0.3) is 0 Å². The molecule has 0 heterocycles. The number of ether oxygens (including phenoxy) is 1. The summed E-state index contributed by atoms with van der Waals surface area (Å²) in [5.74, 6) is -0.404. The number of halogens is 1. The molecule has 21 heavy (non-hydrogen) atoms. The molecule has 0 aliphatic rings. The smallest absolute Gasteiger partial charge is 0.226 e. The molecule has 2 rings (SSSR count). The Morgan fingerprint density at radius 3 is 2.67 bits per heavy atom. The van der Waals surface area contributed by atoms with Gasteiger partial charge in [0.1, 0.15) is 11.6 Å². The Bertz CT molecular complexity index is 617. The minimum absolute atomic E-state index is 0.130. The van der Waals surface area contributed by atoms with E-state index in [1.807, 2.05) is 30.3 Å². The van der Waals surface area contributed by atoms with Crippen LogP contribution in [0.15, 0.2) is 48.5 Å². The average molecular weight is 288 g/mol. The molecule has 1 unspecified atom stereocenters. The van der Waals surface area contributed by atoms with Crippen molar-refractivity contribution in [2.75, 3.05) is 12.4 Å². The molecule has 0 saturated carbocycles. The summed E-state index contributed by atoms with van der Waals surface area (Å²) in [6.07, 6.45) is 0.130.